The van der Waals surface area contributed by atoms with Gasteiger partial charge in [-0.15, -0.1) is 0 Å². The number of carboxylic acids is 1. The molecule has 1 N–H and O–H groups in total. The first-order chi connectivity index (χ1) is 11.4. The number of carboxylic acid groups (broad SMARTS) is 1. The second-order valence-corrected chi connectivity index (χ2v) is 9.09. The summed E-state index contributed by atoms with van der Waals surface area (Å²) < 4.78 is 0. The van der Waals surface area contributed by atoms with E-state index < -0.39 is 5.97 Å². The molecule has 0 radical (unpaired) electrons. The quantitative estimate of drug-likeness (QED) is 0.722. The van der Waals surface area contributed by atoms with Gasteiger partial charge >= 0.3 is 5.97 Å². The van der Waals surface area contributed by atoms with Crippen LogP contribution in [0.15, 0.2) is 24.3 Å². The van der Waals surface area contributed by atoms with Crippen molar-refractivity contribution in [3.8, 4) is 0 Å². The average molecular weight is 328 g/mol. The molecule has 2 heteroatoms. The Balaban J connectivity index is 1.78. The van der Waals surface area contributed by atoms with Crippen LogP contribution in [0.5, 0.6) is 0 Å². The van der Waals surface area contributed by atoms with Crippen molar-refractivity contribution in [1.82, 2.24) is 0 Å². The van der Waals surface area contributed by atoms with Crippen LogP contribution >= 0.6 is 0 Å². The number of benzene rings is 1. The van der Waals surface area contributed by atoms with Gasteiger partial charge in [0.05, 0.1) is 6.42 Å². The third kappa shape index (κ3) is 4.02. The first kappa shape index (κ1) is 17.5. The van der Waals surface area contributed by atoms with E-state index in [-0.39, 0.29) is 5.92 Å². The molecule has 0 heterocycles. The molecule has 2 aliphatic rings. The lowest BCUT2D eigenvalue weighted by Crippen LogP contribution is -2.25. The van der Waals surface area contributed by atoms with Crippen LogP contribution in [0.25, 0.3) is 0 Å². The van der Waals surface area contributed by atoms with Crippen molar-refractivity contribution in [2.45, 2.75) is 77.6 Å². The number of rotatable bonds is 5. The standard InChI is InChI=1S/C22H32O2/c1-22(2,3)17-12-10-15(11-13-17)18-6-4-5-7-19(18)20(14-21(23)24)16-8-9-16/h4-7,15-17,20H,8-14H2,1-3H3,(H,23,24). The van der Waals surface area contributed by atoms with Gasteiger partial charge in [-0.25, -0.2) is 0 Å². The Morgan fingerprint density at radius 2 is 1.71 bits per heavy atom. The van der Waals surface area contributed by atoms with Crippen molar-refractivity contribution in [1.29, 1.82) is 0 Å². The summed E-state index contributed by atoms with van der Waals surface area (Å²) in [4.78, 5) is 11.4. The fraction of sp³-hybridized carbons (Fsp3) is 0.682. The Hall–Kier alpha value is -1.31. The zero-order valence-electron chi connectivity index (χ0n) is 15.4. The maximum atomic E-state index is 11.4. The maximum Gasteiger partial charge on any atom is 0.303 e. The van der Waals surface area contributed by atoms with E-state index in [2.05, 4.69) is 45.0 Å². The topological polar surface area (TPSA) is 37.3 Å². The summed E-state index contributed by atoms with van der Waals surface area (Å²) in [6.45, 7) is 7.09. The highest BCUT2D eigenvalue weighted by Gasteiger charge is 2.37. The second kappa shape index (κ2) is 6.90. The average Bonchev–Trinajstić information content (AvgIpc) is 3.37. The molecule has 2 fully saturated rings. The molecule has 2 aliphatic carbocycles. The normalized spacial score (nSPS) is 26.1. The highest BCUT2D eigenvalue weighted by Crippen LogP contribution is 2.49. The first-order valence-corrected chi connectivity index (χ1v) is 9.67. The van der Waals surface area contributed by atoms with Gasteiger partial charge in [-0.1, -0.05) is 45.0 Å². The molecule has 0 bridgehead atoms. The van der Waals surface area contributed by atoms with E-state index >= 15 is 0 Å². The number of hydrogen-bond acceptors (Lipinski definition) is 1. The van der Waals surface area contributed by atoms with Gasteiger partial charge < -0.3 is 5.11 Å². The Morgan fingerprint density at radius 1 is 1.08 bits per heavy atom. The predicted octanol–water partition coefficient (Wildman–Crippen LogP) is 5.97. The lowest BCUT2D eigenvalue weighted by atomic mass is 9.67. The predicted molar refractivity (Wildman–Crippen MR) is 98.3 cm³/mol. The fourth-order valence-corrected chi connectivity index (χ4v) is 4.71. The number of carbonyl (C=O) groups is 1. The molecular formula is C22H32O2. The van der Waals surface area contributed by atoms with Crippen LogP contribution < -0.4 is 0 Å². The van der Waals surface area contributed by atoms with Crippen molar-refractivity contribution < 1.29 is 9.90 Å². The van der Waals surface area contributed by atoms with Crippen molar-refractivity contribution in [3.05, 3.63) is 35.4 Å². The maximum absolute atomic E-state index is 11.4. The third-order valence-corrected chi connectivity index (χ3v) is 6.37. The summed E-state index contributed by atoms with van der Waals surface area (Å²) in [5, 5.41) is 9.35. The van der Waals surface area contributed by atoms with Crippen LogP contribution in [-0.2, 0) is 4.79 Å². The Labute approximate surface area is 146 Å². The molecule has 2 nitrogen and oxygen atoms in total. The first-order valence-electron chi connectivity index (χ1n) is 9.67. The number of aliphatic carboxylic acids is 1. The second-order valence-electron chi connectivity index (χ2n) is 9.09. The molecule has 0 aliphatic heterocycles. The highest BCUT2D eigenvalue weighted by molar-refractivity contribution is 5.68. The van der Waals surface area contributed by atoms with Crippen LogP contribution in [0.4, 0.5) is 0 Å². The molecule has 1 aromatic rings. The smallest absolute Gasteiger partial charge is 0.303 e. The van der Waals surface area contributed by atoms with Gasteiger partial charge in [-0.05, 0) is 78.7 Å². The van der Waals surface area contributed by atoms with Crippen LogP contribution in [0.1, 0.15) is 88.7 Å². The minimum atomic E-state index is -0.654. The van der Waals surface area contributed by atoms with Gasteiger partial charge in [-0.2, -0.15) is 0 Å². The molecular weight excluding hydrogens is 296 g/mol. The minimum Gasteiger partial charge on any atom is -0.481 e. The van der Waals surface area contributed by atoms with E-state index in [9.17, 15) is 9.90 Å². The molecule has 0 spiro atoms. The van der Waals surface area contributed by atoms with Gasteiger partial charge in [0.1, 0.15) is 0 Å². The minimum absolute atomic E-state index is 0.221. The molecule has 2 saturated carbocycles. The van der Waals surface area contributed by atoms with E-state index in [4.69, 9.17) is 0 Å². The molecule has 1 unspecified atom stereocenters. The summed E-state index contributed by atoms with van der Waals surface area (Å²) in [7, 11) is 0. The lowest BCUT2D eigenvalue weighted by Gasteiger charge is -2.38. The summed E-state index contributed by atoms with van der Waals surface area (Å²) in [6, 6.07) is 8.71. The van der Waals surface area contributed by atoms with E-state index in [0.29, 0.717) is 23.7 Å². The van der Waals surface area contributed by atoms with E-state index in [1.807, 2.05) is 0 Å². The van der Waals surface area contributed by atoms with Crippen LogP contribution in [0, 0.1) is 17.3 Å². The summed E-state index contributed by atoms with van der Waals surface area (Å²) >= 11 is 0. The summed E-state index contributed by atoms with van der Waals surface area (Å²) in [5.41, 5.74) is 3.19. The number of hydrogen-bond donors (Lipinski definition) is 1. The van der Waals surface area contributed by atoms with Gasteiger partial charge in [0.15, 0.2) is 0 Å². The van der Waals surface area contributed by atoms with E-state index in [1.165, 1.54) is 49.7 Å². The van der Waals surface area contributed by atoms with Crippen LogP contribution in [0.3, 0.4) is 0 Å². The van der Waals surface area contributed by atoms with Gasteiger partial charge in [-0.3, -0.25) is 4.79 Å². The van der Waals surface area contributed by atoms with Gasteiger partial charge in [0.2, 0.25) is 0 Å². The van der Waals surface area contributed by atoms with Gasteiger partial charge in [0, 0.05) is 0 Å². The highest BCUT2D eigenvalue weighted by atomic mass is 16.4. The molecule has 1 aromatic carbocycles. The fourth-order valence-electron chi connectivity index (χ4n) is 4.71. The van der Waals surface area contributed by atoms with Crippen molar-refractivity contribution in [3.63, 3.8) is 0 Å². The molecule has 0 amide bonds. The largest absolute Gasteiger partial charge is 0.481 e. The molecule has 3 rings (SSSR count). The van der Waals surface area contributed by atoms with E-state index in [0.717, 1.165) is 5.92 Å². The Morgan fingerprint density at radius 3 is 2.25 bits per heavy atom. The van der Waals surface area contributed by atoms with Gasteiger partial charge in [0.25, 0.3) is 0 Å². The molecule has 132 valence electrons. The van der Waals surface area contributed by atoms with Crippen molar-refractivity contribution >= 4 is 5.97 Å². The van der Waals surface area contributed by atoms with Crippen LogP contribution in [-0.4, -0.2) is 11.1 Å². The van der Waals surface area contributed by atoms with E-state index in [1.54, 1.807) is 0 Å². The molecule has 24 heavy (non-hydrogen) atoms. The van der Waals surface area contributed by atoms with Crippen molar-refractivity contribution in [2.75, 3.05) is 0 Å². The summed E-state index contributed by atoms with van der Waals surface area (Å²) in [5.74, 6) is 1.60. The monoisotopic (exact) mass is 328 g/mol. The summed E-state index contributed by atoms with van der Waals surface area (Å²) in [6.07, 6.45) is 7.79. The SMILES string of the molecule is CC(C)(C)C1CCC(c2ccccc2C(CC(=O)O)C2CC2)CC1. The van der Waals surface area contributed by atoms with Crippen LogP contribution in [0.2, 0.25) is 0 Å². The zero-order chi connectivity index (χ0) is 17.3. The zero-order valence-corrected chi connectivity index (χ0v) is 15.4. The lowest BCUT2D eigenvalue weighted by molar-refractivity contribution is -0.137. The molecule has 0 saturated heterocycles. The molecule has 0 aromatic heterocycles. The third-order valence-electron chi connectivity index (χ3n) is 6.37. The molecule has 1 atom stereocenters. The Bertz CT molecular complexity index is 572. The Kier molecular flexibility index (Phi) is 5.03. The van der Waals surface area contributed by atoms with Crippen molar-refractivity contribution in [2.24, 2.45) is 17.3 Å².